The first-order valence-corrected chi connectivity index (χ1v) is 5.60. The number of carboxylic acid groups (broad SMARTS) is 1. The van der Waals surface area contributed by atoms with E-state index < -0.39 is 11.9 Å². The van der Waals surface area contributed by atoms with E-state index in [0.717, 1.165) is 25.7 Å². The molecule has 0 aromatic rings. The highest BCUT2D eigenvalue weighted by atomic mass is 16.7. The number of ether oxygens (including phenoxy) is 2. The molecule has 1 heterocycles. The third-order valence-corrected chi connectivity index (χ3v) is 3.46. The summed E-state index contributed by atoms with van der Waals surface area (Å²) >= 11 is 0. The molecule has 1 aliphatic heterocycles. The Morgan fingerprint density at radius 1 is 1.31 bits per heavy atom. The molecule has 0 saturated heterocycles. The Morgan fingerprint density at radius 2 is 1.88 bits per heavy atom. The lowest BCUT2D eigenvalue weighted by molar-refractivity contribution is -0.174. The van der Waals surface area contributed by atoms with Crippen LogP contribution in [0, 0.1) is 5.92 Å². The van der Waals surface area contributed by atoms with E-state index in [9.17, 15) is 4.79 Å². The molecule has 1 aliphatic carbocycles. The van der Waals surface area contributed by atoms with Gasteiger partial charge in [-0.15, -0.1) is 0 Å². The Hall–Kier alpha value is -1.39. The van der Waals surface area contributed by atoms with Crippen LogP contribution in [-0.4, -0.2) is 23.0 Å². The van der Waals surface area contributed by atoms with E-state index in [1.54, 1.807) is 12.5 Å². The zero-order valence-electron chi connectivity index (χ0n) is 9.31. The van der Waals surface area contributed by atoms with Crippen molar-refractivity contribution < 1.29 is 19.4 Å². The molecule has 2 aliphatic rings. The van der Waals surface area contributed by atoms with Gasteiger partial charge in [-0.2, -0.15) is 0 Å². The summed E-state index contributed by atoms with van der Waals surface area (Å²) in [5.41, 5.74) is 0. The Balaban J connectivity index is 1.83. The van der Waals surface area contributed by atoms with Gasteiger partial charge in [0.25, 0.3) is 0 Å². The molecule has 0 spiro atoms. The Morgan fingerprint density at radius 3 is 2.38 bits per heavy atom. The number of hydrogen-bond acceptors (Lipinski definition) is 3. The zero-order valence-corrected chi connectivity index (χ0v) is 9.31. The third-order valence-electron chi connectivity index (χ3n) is 3.46. The first-order chi connectivity index (χ1) is 7.60. The van der Waals surface area contributed by atoms with Gasteiger partial charge in [-0.25, -0.2) is 4.79 Å². The van der Waals surface area contributed by atoms with Crippen molar-refractivity contribution in [1.82, 2.24) is 5.32 Å². The van der Waals surface area contributed by atoms with Crippen LogP contribution in [0.1, 0.15) is 32.6 Å². The molecule has 1 fully saturated rings. The molecule has 0 aromatic heterocycles. The van der Waals surface area contributed by atoms with Crippen LogP contribution in [0.2, 0.25) is 0 Å². The number of hydrogen-bond donors (Lipinski definition) is 2. The van der Waals surface area contributed by atoms with Gasteiger partial charge >= 0.3 is 6.09 Å². The molecule has 2 rings (SSSR count). The molecule has 5 heteroatoms. The van der Waals surface area contributed by atoms with Crippen LogP contribution < -0.4 is 5.32 Å². The molecule has 0 bridgehead atoms. The van der Waals surface area contributed by atoms with Crippen LogP contribution in [0.25, 0.3) is 0 Å². The lowest BCUT2D eigenvalue weighted by Crippen LogP contribution is -2.43. The van der Waals surface area contributed by atoms with Crippen molar-refractivity contribution in [3.8, 4) is 0 Å². The first-order valence-electron chi connectivity index (χ1n) is 5.60. The predicted molar refractivity (Wildman–Crippen MR) is 56.6 cm³/mol. The van der Waals surface area contributed by atoms with Crippen molar-refractivity contribution in [2.75, 3.05) is 0 Å². The van der Waals surface area contributed by atoms with Gasteiger partial charge in [0.2, 0.25) is 5.79 Å². The highest BCUT2D eigenvalue weighted by Gasteiger charge is 2.41. The van der Waals surface area contributed by atoms with Gasteiger partial charge in [0.15, 0.2) is 0 Å². The predicted octanol–water partition coefficient (Wildman–Crippen LogP) is 2.05. The summed E-state index contributed by atoms with van der Waals surface area (Å²) in [6.45, 7) is 1.93. The van der Waals surface area contributed by atoms with Gasteiger partial charge in [-0.3, -0.25) is 0 Å². The normalized spacial score (nSPS) is 31.6. The standard InChI is InChI=1S/C11H17NO4/c1-11(15-6-7-16-11)8-2-4-9(5-3-8)12-10(13)14/h6-9,12H,2-5H2,1H3,(H,13,14). The summed E-state index contributed by atoms with van der Waals surface area (Å²) in [5, 5.41) is 11.1. The molecule has 2 N–H and O–H groups in total. The van der Waals surface area contributed by atoms with Crippen LogP contribution in [0.3, 0.4) is 0 Å². The molecule has 1 amide bonds. The molecule has 1 saturated carbocycles. The minimum absolute atomic E-state index is 0.0757. The first kappa shape index (κ1) is 11.1. The van der Waals surface area contributed by atoms with E-state index in [4.69, 9.17) is 14.6 Å². The van der Waals surface area contributed by atoms with Gasteiger partial charge < -0.3 is 19.9 Å². The Labute approximate surface area is 94.4 Å². The lowest BCUT2D eigenvalue weighted by atomic mass is 9.81. The van der Waals surface area contributed by atoms with E-state index in [1.165, 1.54) is 0 Å². The number of nitrogens with one attached hydrogen (secondary N) is 1. The molecular weight excluding hydrogens is 210 g/mol. The SMILES string of the molecule is CC1(C2CCC(NC(=O)O)CC2)OC=CO1. The molecule has 0 aromatic carbocycles. The van der Waals surface area contributed by atoms with Gasteiger partial charge in [0.1, 0.15) is 12.5 Å². The van der Waals surface area contributed by atoms with Crippen molar-refractivity contribution in [1.29, 1.82) is 0 Å². The maximum absolute atomic E-state index is 10.5. The van der Waals surface area contributed by atoms with Crippen LogP contribution >= 0.6 is 0 Å². The van der Waals surface area contributed by atoms with Crippen molar-refractivity contribution in [2.24, 2.45) is 5.92 Å². The smallest absolute Gasteiger partial charge is 0.404 e. The quantitative estimate of drug-likeness (QED) is 0.757. The van der Waals surface area contributed by atoms with Gasteiger partial charge in [0.05, 0.1) is 0 Å². The second kappa shape index (κ2) is 4.23. The van der Waals surface area contributed by atoms with Crippen LogP contribution in [0.5, 0.6) is 0 Å². The largest absolute Gasteiger partial charge is 0.465 e. The van der Waals surface area contributed by atoms with Gasteiger partial charge in [-0.05, 0) is 25.7 Å². The highest BCUT2D eigenvalue weighted by molar-refractivity contribution is 5.64. The Bertz CT molecular complexity index is 286. The minimum atomic E-state index is -0.940. The van der Waals surface area contributed by atoms with Gasteiger partial charge in [-0.1, -0.05) is 0 Å². The van der Waals surface area contributed by atoms with E-state index >= 15 is 0 Å². The molecule has 0 radical (unpaired) electrons. The Kier molecular flexibility index (Phi) is 2.94. The van der Waals surface area contributed by atoms with Gasteiger partial charge in [0, 0.05) is 18.9 Å². The second-order valence-electron chi connectivity index (χ2n) is 4.52. The summed E-state index contributed by atoms with van der Waals surface area (Å²) in [4.78, 5) is 10.5. The van der Waals surface area contributed by atoms with Crippen LogP contribution in [0.15, 0.2) is 12.5 Å². The van der Waals surface area contributed by atoms with Crippen molar-refractivity contribution in [3.63, 3.8) is 0 Å². The summed E-state index contributed by atoms with van der Waals surface area (Å²) in [5.74, 6) is -0.219. The molecular formula is C11H17NO4. The summed E-state index contributed by atoms with van der Waals surface area (Å²) in [6, 6.07) is 0.0757. The molecule has 0 atom stereocenters. The molecule has 16 heavy (non-hydrogen) atoms. The molecule has 90 valence electrons. The summed E-state index contributed by atoms with van der Waals surface area (Å²) in [6.07, 6.45) is 5.73. The fraction of sp³-hybridized carbons (Fsp3) is 0.727. The topological polar surface area (TPSA) is 67.8 Å². The zero-order chi connectivity index (χ0) is 11.6. The van der Waals surface area contributed by atoms with E-state index in [0.29, 0.717) is 5.92 Å². The number of rotatable bonds is 2. The molecule has 0 unspecified atom stereocenters. The monoisotopic (exact) mass is 227 g/mol. The third kappa shape index (κ3) is 2.23. The number of carbonyl (C=O) groups is 1. The van der Waals surface area contributed by atoms with Crippen LogP contribution in [0.4, 0.5) is 4.79 Å². The average Bonchev–Trinajstić information content (AvgIpc) is 2.66. The second-order valence-corrected chi connectivity index (χ2v) is 4.52. The van der Waals surface area contributed by atoms with E-state index in [-0.39, 0.29) is 6.04 Å². The highest BCUT2D eigenvalue weighted by Crippen LogP contribution is 2.38. The van der Waals surface area contributed by atoms with Crippen molar-refractivity contribution in [3.05, 3.63) is 12.5 Å². The fourth-order valence-corrected chi connectivity index (χ4v) is 2.48. The number of amides is 1. The van der Waals surface area contributed by atoms with Crippen LogP contribution in [-0.2, 0) is 9.47 Å². The summed E-state index contributed by atoms with van der Waals surface area (Å²) in [7, 11) is 0. The minimum Gasteiger partial charge on any atom is -0.465 e. The van der Waals surface area contributed by atoms with E-state index in [2.05, 4.69) is 5.32 Å². The maximum atomic E-state index is 10.5. The molecule has 5 nitrogen and oxygen atoms in total. The maximum Gasteiger partial charge on any atom is 0.404 e. The average molecular weight is 227 g/mol. The van der Waals surface area contributed by atoms with Crippen molar-refractivity contribution in [2.45, 2.75) is 44.4 Å². The van der Waals surface area contributed by atoms with Crippen molar-refractivity contribution >= 4 is 6.09 Å². The lowest BCUT2D eigenvalue weighted by Gasteiger charge is -2.37. The summed E-state index contributed by atoms with van der Waals surface area (Å²) < 4.78 is 10.9. The van der Waals surface area contributed by atoms with E-state index in [1.807, 2.05) is 6.92 Å². The fourth-order valence-electron chi connectivity index (χ4n) is 2.48.